The number of para-hydroxylation sites is 1. The van der Waals surface area contributed by atoms with E-state index in [0.29, 0.717) is 18.5 Å². The number of rotatable bonds is 5. The molecule has 1 saturated heterocycles. The molecule has 0 aliphatic carbocycles. The number of piperidine rings is 1. The molecule has 1 aromatic heterocycles. The van der Waals surface area contributed by atoms with E-state index in [1.54, 1.807) is 11.3 Å². The molecule has 26 heavy (non-hydrogen) atoms. The first-order valence-corrected chi connectivity index (χ1v) is 10.2. The topological polar surface area (TPSA) is 52.6 Å². The summed E-state index contributed by atoms with van der Waals surface area (Å²) >= 11 is 1.73. The maximum absolute atomic E-state index is 4.68. The first kappa shape index (κ1) is 18.7. The van der Waals surface area contributed by atoms with Gasteiger partial charge in [0.15, 0.2) is 5.96 Å². The highest BCUT2D eigenvalue weighted by atomic mass is 32.1. The highest BCUT2D eigenvalue weighted by Gasteiger charge is 2.21. The Bertz CT molecular complexity index is 710. The van der Waals surface area contributed by atoms with E-state index in [9.17, 15) is 0 Å². The number of nitrogens with zero attached hydrogens (tertiary/aromatic N) is 3. The van der Waals surface area contributed by atoms with Gasteiger partial charge in [-0.3, -0.25) is 4.99 Å². The zero-order valence-corrected chi connectivity index (χ0v) is 16.7. The van der Waals surface area contributed by atoms with Gasteiger partial charge in [0, 0.05) is 43.2 Å². The number of hydrogen-bond donors (Lipinski definition) is 2. The van der Waals surface area contributed by atoms with Gasteiger partial charge in [0.25, 0.3) is 0 Å². The first-order valence-electron chi connectivity index (χ1n) is 9.37. The maximum Gasteiger partial charge on any atom is 0.191 e. The number of benzene rings is 1. The van der Waals surface area contributed by atoms with E-state index >= 15 is 0 Å². The molecule has 0 amide bonds. The first-order chi connectivity index (χ1) is 12.7. The Morgan fingerprint density at radius 2 is 2.15 bits per heavy atom. The average Bonchev–Trinajstić information content (AvgIpc) is 3.15. The van der Waals surface area contributed by atoms with E-state index in [1.807, 2.05) is 7.05 Å². The van der Waals surface area contributed by atoms with Crippen molar-refractivity contribution in [3.8, 4) is 0 Å². The number of guanidine groups is 1. The van der Waals surface area contributed by atoms with Crippen molar-refractivity contribution >= 4 is 23.0 Å². The number of aliphatic imine (C=N–C) groups is 1. The summed E-state index contributed by atoms with van der Waals surface area (Å²) in [6.07, 6.45) is 2.35. The van der Waals surface area contributed by atoms with Crippen molar-refractivity contribution in [3.63, 3.8) is 0 Å². The lowest BCUT2D eigenvalue weighted by atomic mass is 10.1. The van der Waals surface area contributed by atoms with Crippen molar-refractivity contribution in [1.82, 2.24) is 15.6 Å². The van der Waals surface area contributed by atoms with Crippen LogP contribution in [0, 0.1) is 0 Å². The van der Waals surface area contributed by atoms with Crippen molar-refractivity contribution in [3.05, 3.63) is 46.4 Å². The molecule has 1 aromatic carbocycles. The van der Waals surface area contributed by atoms with Gasteiger partial charge in [-0.25, -0.2) is 4.98 Å². The zero-order chi connectivity index (χ0) is 18.4. The molecule has 1 atom stereocenters. The van der Waals surface area contributed by atoms with Crippen molar-refractivity contribution in [1.29, 1.82) is 0 Å². The van der Waals surface area contributed by atoms with Gasteiger partial charge < -0.3 is 15.5 Å². The number of thiazole rings is 1. The molecular formula is C20H29N5S. The van der Waals surface area contributed by atoms with Gasteiger partial charge in [0.05, 0.1) is 17.2 Å². The summed E-state index contributed by atoms with van der Waals surface area (Å²) in [5, 5.41) is 10.3. The van der Waals surface area contributed by atoms with E-state index in [0.717, 1.165) is 31.2 Å². The third kappa shape index (κ3) is 4.97. The molecule has 0 saturated carbocycles. The molecule has 1 fully saturated rings. The SMILES string of the molecule is CN=C(NCc1csc(C(C)C)n1)NC1CCCN(c2ccccc2)C1. The molecule has 6 heteroatoms. The number of hydrogen-bond acceptors (Lipinski definition) is 4. The van der Waals surface area contributed by atoms with Crippen LogP contribution in [-0.4, -0.2) is 37.1 Å². The molecule has 1 aliphatic rings. The molecule has 0 spiro atoms. The van der Waals surface area contributed by atoms with Gasteiger partial charge in [-0.2, -0.15) is 0 Å². The molecule has 5 nitrogen and oxygen atoms in total. The van der Waals surface area contributed by atoms with E-state index in [4.69, 9.17) is 0 Å². The minimum atomic E-state index is 0.400. The van der Waals surface area contributed by atoms with Crippen LogP contribution in [0.15, 0.2) is 40.7 Å². The third-order valence-corrected chi connectivity index (χ3v) is 5.80. The Hall–Kier alpha value is -2.08. The van der Waals surface area contributed by atoms with Crippen molar-refractivity contribution in [2.75, 3.05) is 25.0 Å². The fourth-order valence-electron chi connectivity index (χ4n) is 3.20. The molecule has 1 aliphatic heterocycles. The van der Waals surface area contributed by atoms with Crippen LogP contribution in [0.2, 0.25) is 0 Å². The lowest BCUT2D eigenvalue weighted by Crippen LogP contribution is -2.51. The van der Waals surface area contributed by atoms with Crippen molar-refractivity contribution in [2.45, 2.75) is 45.2 Å². The van der Waals surface area contributed by atoms with Crippen LogP contribution in [0.1, 0.15) is 43.3 Å². The standard InChI is InChI=1S/C20H29N5S/c1-15(2)19-23-17(14-26-19)12-22-20(21-3)24-16-8-7-11-25(13-16)18-9-5-4-6-10-18/h4-6,9-10,14-16H,7-8,11-13H2,1-3H3,(H2,21,22,24). The molecule has 2 aromatic rings. The fraction of sp³-hybridized carbons (Fsp3) is 0.500. The molecule has 1 unspecified atom stereocenters. The molecule has 3 rings (SSSR count). The fourth-order valence-corrected chi connectivity index (χ4v) is 4.03. The second-order valence-corrected chi connectivity index (χ2v) is 7.91. The molecule has 0 bridgehead atoms. The van der Waals surface area contributed by atoms with Gasteiger partial charge >= 0.3 is 0 Å². The second kappa shape index (κ2) is 9.03. The molecule has 2 heterocycles. The van der Waals surface area contributed by atoms with E-state index in [1.165, 1.54) is 17.1 Å². The zero-order valence-electron chi connectivity index (χ0n) is 15.9. The Labute approximate surface area is 160 Å². The predicted octanol–water partition coefficient (Wildman–Crippen LogP) is 3.60. The van der Waals surface area contributed by atoms with Crippen LogP contribution in [-0.2, 0) is 6.54 Å². The Morgan fingerprint density at radius 1 is 1.35 bits per heavy atom. The number of aromatic nitrogens is 1. The van der Waals surface area contributed by atoms with Crippen LogP contribution in [0.3, 0.4) is 0 Å². The Morgan fingerprint density at radius 3 is 2.85 bits per heavy atom. The average molecular weight is 372 g/mol. The lowest BCUT2D eigenvalue weighted by Gasteiger charge is -2.35. The summed E-state index contributed by atoms with van der Waals surface area (Å²) in [4.78, 5) is 11.5. The van der Waals surface area contributed by atoms with E-state index in [-0.39, 0.29) is 0 Å². The summed E-state index contributed by atoms with van der Waals surface area (Å²) in [6, 6.07) is 11.0. The minimum absolute atomic E-state index is 0.400. The van der Waals surface area contributed by atoms with Crippen LogP contribution < -0.4 is 15.5 Å². The van der Waals surface area contributed by atoms with Crippen molar-refractivity contribution in [2.24, 2.45) is 4.99 Å². The van der Waals surface area contributed by atoms with Gasteiger partial charge in [0.1, 0.15) is 0 Å². The van der Waals surface area contributed by atoms with Crippen LogP contribution in [0.4, 0.5) is 5.69 Å². The van der Waals surface area contributed by atoms with E-state index < -0.39 is 0 Å². The Balaban J connectivity index is 1.52. The summed E-state index contributed by atoms with van der Waals surface area (Å²) in [5.41, 5.74) is 2.38. The summed E-state index contributed by atoms with van der Waals surface area (Å²) in [5.74, 6) is 1.33. The van der Waals surface area contributed by atoms with Gasteiger partial charge in [-0.1, -0.05) is 32.0 Å². The van der Waals surface area contributed by atoms with Crippen molar-refractivity contribution < 1.29 is 0 Å². The molecule has 0 radical (unpaired) electrons. The largest absolute Gasteiger partial charge is 0.369 e. The molecular weight excluding hydrogens is 342 g/mol. The smallest absolute Gasteiger partial charge is 0.191 e. The van der Waals surface area contributed by atoms with Gasteiger partial charge in [-0.05, 0) is 25.0 Å². The second-order valence-electron chi connectivity index (χ2n) is 7.02. The quantitative estimate of drug-likeness (QED) is 0.623. The minimum Gasteiger partial charge on any atom is -0.369 e. The highest BCUT2D eigenvalue weighted by Crippen LogP contribution is 2.20. The maximum atomic E-state index is 4.68. The molecule has 2 N–H and O–H groups in total. The molecule has 140 valence electrons. The van der Waals surface area contributed by atoms with E-state index in [2.05, 4.69) is 75.1 Å². The lowest BCUT2D eigenvalue weighted by molar-refractivity contribution is 0.468. The van der Waals surface area contributed by atoms with Crippen LogP contribution in [0.5, 0.6) is 0 Å². The number of nitrogens with one attached hydrogen (secondary N) is 2. The normalized spacial score (nSPS) is 18.2. The summed E-state index contributed by atoms with van der Waals surface area (Å²) in [7, 11) is 1.83. The van der Waals surface area contributed by atoms with Crippen LogP contribution >= 0.6 is 11.3 Å². The van der Waals surface area contributed by atoms with Crippen LogP contribution in [0.25, 0.3) is 0 Å². The van der Waals surface area contributed by atoms with Gasteiger partial charge in [0.2, 0.25) is 0 Å². The van der Waals surface area contributed by atoms with Gasteiger partial charge in [-0.15, -0.1) is 11.3 Å². The summed E-state index contributed by atoms with van der Waals surface area (Å²) < 4.78 is 0. The third-order valence-electron chi connectivity index (χ3n) is 4.61. The highest BCUT2D eigenvalue weighted by molar-refractivity contribution is 7.09. The number of anilines is 1. The predicted molar refractivity (Wildman–Crippen MR) is 111 cm³/mol. The summed E-state index contributed by atoms with van der Waals surface area (Å²) in [6.45, 7) is 7.18. The Kier molecular flexibility index (Phi) is 6.50. The monoisotopic (exact) mass is 371 g/mol.